The summed E-state index contributed by atoms with van der Waals surface area (Å²) in [6.45, 7) is 3.04. The van der Waals surface area contributed by atoms with Gasteiger partial charge in [-0.1, -0.05) is 18.7 Å². The molecule has 2 aliphatic rings. The maximum atomic E-state index is 10.4. The zero-order valence-corrected chi connectivity index (χ0v) is 16.4. The number of fused-ring (bicyclic) bond motifs is 1. The van der Waals surface area contributed by atoms with Crippen molar-refractivity contribution < 1.29 is 24.8 Å². The van der Waals surface area contributed by atoms with E-state index in [4.69, 9.17) is 9.47 Å². The highest BCUT2D eigenvalue weighted by molar-refractivity contribution is 7.99. The van der Waals surface area contributed by atoms with E-state index in [1.54, 1.807) is 4.57 Å². The minimum Gasteiger partial charge on any atom is -0.394 e. The van der Waals surface area contributed by atoms with Gasteiger partial charge >= 0.3 is 0 Å². The van der Waals surface area contributed by atoms with Crippen LogP contribution in [0.2, 0.25) is 0 Å². The summed E-state index contributed by atoms with van der Waals surface area (Å²) in [6, 6.07) is 0. The highest BCUT2D eigenvalue weighted by Crippen LogP contribution is 2.33. The molecule has 4 rings (SSSR count). The van der Waals surface area contributed by atoms with Crippen LogP contribution < -0.4 is 5.32 Å². The van der Waals surface area contributed by atoms with E-state index in [2.05, 4.69) is 20.3 Å². The summed E-state index contributed by atoms with van der Waals surface area (Å²) in [5.74, 6) is 1.40. The molecule has 11 heteroatoms. The van der Waals surface area contributed by atoms with Gasteiger partial charge in [0.2, 0.25) is 0 Å². The number of hydrogen-bond acceptors (Lipinski definition) is 10. The third-order valence-electron chi connectivity index (χ3n) is 4.99. The van der Waals surface area contributed by atoms with Gasteiger partial charge in [0.05, 0.1) is 19.0 Å². The van der Waals surface area contributed by atoms with Crippen LogP contribution in [0.3, 0.4) is 0 Å². The molecule has 4 heterocycles. The minimum atomic E-state index is -1.20. The first-order valence-corrected chi connectivity index (χ1v) is 10.5. The molecule has 5 atom stereocenters. The molecule has 4 N–H and O–H groups in total. The van der Waals surface area contributed by atoms with E-state index in [0.29, 0.717) is 28.7 Å². The van der Waals surface area contributed by atoms with E-state index < -0.39 is 24.5 Å². The van der Waals surface area contributed by atoms with E-state index in [9.17, 15) is 15.3 Å². The lowest BCUT2D eigenvalue weighted by molar-refractivity contribution is -0.0511. The fraction of sp³-hybridized carbons (Fsp3) is 0.706. The molecule has 154 valence electrons. The van der Waals surface area contributed by atoms with Crippen LogP contribution in [0.4, 0.5) is 5.82 Å². The number of hydrogen-bond donors (Lipinski definition) is 4. The Kier molecular flexibility index (Phi) is 5.99. The highest BCUT2D eigenvalue weighted by atomic mass is 32.2. The lowest BCUT2D eigenvalue weighted by Gasteiger charge is -2.17. The highest BCUT2D eigenvalue weighted by Gasteiger charge is 2.44. The molecular formula is C17H25N5O5S. The molecule has 0 amide bonds. The summed E-state index contributed by atoms with van der Waals surface area (Å²) in [6.07, 6.45) is -0.409. The van der Waals surface area contributed by atoms with Gasteiger partial charge in [0, 0.05) is 13.2 Å². The maximum Gasteiger partial charge on any atom is 0.191 e. The van der Waals surface area contributed by atoms with Crippen LogP contribution >= 0.6 is 11.8 Å². The molecule has 0 aromatic carbocycles. The Morgan fingerprint density at radius 1 is 1.32 bits per heavy atom. The quantitative estimate of drug-likeness (QED) is 0.368. The lowest BCUT2D eigenvalue weighted by atomic mass is 10.1. The topological polar surface area (TPSA) is 135 Å². The molecule has 0 aliphatic carbocycles. The van der Waals surface area contributed by atoms with Crippen molar-refractivity contribution in [2.45, 2.75) is 55.6 Å². The lowest BCUT2D eigenvalue weighted by Crippen LogP contribution is -2.33. The number of aromatic nitrogens is 4. The first kappa shape index (κ1) is 19.8. The number of imidazole rings is 1. The minimum absolute atomic E-state index is 0.148. The first-order valence-electron chi connectivity index (χ1n) is 9.47. The molecule has 2 saturated heterocycles. The van der Waals surface area contributed by atoms with Gasteiger partial charge in [-0.3, -0.25) is 4.57 Å². The normalized spacial score (nSPS) is 30.4. The smallest absolute Gasteiger partial charge is 0.191 e. The second kappa shape index (κ2) is 8.47. The van der Waals surface area contributed by atoms with Crippen LogP contribution in [0.15, 0.2) is 11.5 Å². The Hall–Kier alpha value is -1.50. The number of aliphatic hydroxyl groups is 3. The van der Waals surface area contributed by atoms with Crippen molar-refractivity contribution in [2.75, 3.05) is 30.8 Å². The van der Waals surface area contributed by atoms with Gasteiger partial charge in [-0.15, -0.1) is 0 Å². The zero-order valence-electron chi connectivity index (χ0n) is 15.6. The predicted octanol–water partition coefficient (Wildman–Crippen LogP) is 0.141. The van der Waals surface area contributed by atoms with Gasteiger partial charge in [0.15, 0.2) is 28.4 Å². The van der Waals surface area contributed by atoms with E-state index in [1.807, 2.05) is 6.92 Å². The standard InChI is InChI=1S/C17H25N5O5S/c1-2-28-17-20-14(18-6-9-4-3-5-26-9)11-15(21-17)22(8-19-11)16-13(25)12(24)10(7-23)27-16/h8-10,12-13,16,23-25H,2-7H2,1H3,(H,18,20,21)/t9?,10-,12-,13-,16-/m1/s1. The van der Waals surface area contributed by atoms with Crippen molar-refractivity contribution in [1.82, 2.24) is 19.5 Å². The molecule has 10 nitrogen and oxygen atoms in total. The number of aliphatic hydroxyl groups excluding tert-OH is 3. The van der Waals surface area contributed by atoms with Crippen LogP contribution in [0.1, 0.15) is 26.0 Å². The summed E-state index contributed by atoms with van der Waals surface area (Å²) in [7, 11) is 0. The summed E-state index contributed by atoms with van der Waals surface area (Å²) in [5, 5.41) is 33.7. The van der Waals surface area contributed by atoms with Crippen LogP contribution in [0.5, 0.6) is 0 Å². The van der Waals surface area contributed by atoms with Crippen molar-refractivity contribution in [3.63, 3.8) is 0 Å². The summed E-state index contributed by atoms with van der Waals surface area (Å²) >= 11 is 1.50. The van der Waals surface area contributed by atoms with Gasteiger partial charge in [0.1, 0.15) is 18.3 Å². The zero-order chi connectivity index (χ0) is 19.7. The van der Waals surface area contributed by atoms with Crippen LogP contribution in [0, 0.1) is 0 Å². The fourth-order valence-corrected chi connectivity index (χ4v) is 4.09. The Morgan fingerprint density at radius 3 is 2.86 bits per heavy atom. The van der Waals surface area contributed by atoms with Gasteiger partial charge in [0.25, 0.3) is 0 Å². The number of ether oxygens (including phenoxy) is 2. The van der Waals surface area contributed by atoms with Gasteiger partial charge in [-0.05, 0) is 18.6 Å². The molecule has 0 radical (unpaired) electrons. The van der Waals surface area contributed by atoms with Crippen molar-refractivity contribution in [3.8, 4) is 0 Å². The van der Waals surface area contributed by atoms with E-state index in [-0.39, 0.29) is 12.7 Å². The summed E-state index contributed by atoms with van der Waals surface area (Å²) in [4.78, 5) is 13.5. The molecule has 0 spiro atoms. The molecule has 2 aliphatic heterocycles. The van der Waals surface area contributed by atoms with Crippen molar-refractivity contribution in [1.29, 1.82) is 0 Å². The van der Waals surface area contributed by atoms with Crippen LogP contribution in [-0.2, 0) is 9.47 Å². The average Bonchev–Trinajstić information content (AvgIpc) is 3.41. The number of thioether (sulfide) groups is 1. The van der Waals surface area contributed by atoms with Crippen molar-refractivity contribution in [3.05, 3.63) is 6.33 Å². The summed E-state index contributed by atoms with van der Waals surface area (Å²) in [5.41, 5.74) is 1.05. The molecule has 0 saturated carbocycles. The molecular weight excluding hydrogens is 386 g/mol. The number of anilines is 1. The molecule has 2 aromatic rings. The third kappa shape index (κ3) is 3.70. The first-order chi connectivity index (χ1) is 13.6. The predicted molar refractivity (Wildman–Crippen MR) is 102 cm³/mol. The Morgan fingerprint density at radius 2 is 2.18 bits per heavy atom. The summed E-state index contributed by atoms with van der Waals surface area (Å²) < 4.78 is 12.9. The SMILES string of the molecule is CCSc1nc(NCC2CCCO2)c2ncn([C@@H]3O[C@H](CO)[C@@H](O)[C@H]3O)c2n1. The molecule has 28 heavy (non-hydrogen) atoms. The monoisotopic (exact) mass is 411 g/mol. The Labute approximate surface area is 166 Å². The second-order valence-electron chi connectivity index (χ2n) is 6.86. The van der Waals surface area contributed by atoms with Crippen molar-refractivity contribution in [2.24, 2.45) is 0 Å². The van der Waals surface area contributed by atoms with Gasteiger partial charge in [-0.25, -0.2) is 15.0 Å². The van der Waals surface area contributed by atoms with Gasteiger partial charge < -0.3 is 30.1 Å². The molecule has 1 unspecified atom stereocenters. The van der Waals surface area contributed by atoms with Crippen LogP contribution in [-0.4, -0.2) is 84.8 Å². The van der Waals surface area contributed by atoms with E-state index >= 15 is 0 Å². The number of nitrogens with zero attached hydrogens (tertiary/aromatic N) is 4. The second-order valence-corrected chi connectivity index (χ2v) is 8.09. The maximum absolute atomic E-state index is 10.4. The molecule has 0 bridgehead atoms. The Bertz CT molecular complexity index is 815. The van der Waals surface area contributed by atoms with E-state index in [1.165, 1.54) is 18.1 Å². The Balaban J connectivity index is 1.66. The van der Waals surface area contributed by atoms with Crippen molar-refractivity contribution >= 4 is 28.7 Å². The van der Waals surface area contributed by atoms with E-state index in [0.717, 1.165) is 25.2 Å². The molecule has 2 aromatic heterocycles. The average molecular weight is 411 g/mol. The largest absolute Gasteiger partial charge is 0.394 e. The number of rotatable bonds is 7. The third-order valence-corrected chi connectivity index (χ3v) is 5.72. The van der Waals surface area contributed by atoms with Crippen LogP contribution in [0.25, 0.3) is 11.2 Å². The fourth-order valence-electron chi connectivity index (χ4n) is 3.53. The number of nitrogens with one attached hydrogen (secondary N) is 1. The molecule has 2 fully saturated rings. The van der Waals surface area contributed by atoms with Gasteiger partial charge in [-0.2, -0.15) is 0 Å².